The highest BCUT2D eigenvalue weighted by molar-refractivity contribution is 6.11. The smallest absolute Gasteiger partial charge is 0.192 e. The molecule has 1 aliphatic rings. The van der Waals surface area contributed by atoms with Crippen LogP contribution in [0.25, 0.3) is 16.9 Å². The molecular weight excluding hydrogens is 332 g/mol. The predicted molar refractivity (Wildman–Crippen MR) is 110 cm³/mol. The van der Waals surface area contributed by atoms with Crippen molar-refractivity contribution in [1.82, 2.24) is 9.47 Å². The number of fused-ring (bicyclic) bond motifs is 1. The normalized spacial score (nSPS) is 15.1. The fraction of sp³-hybridized carbons (Fsp3) is 0.208. The van der Waals surface area contributed by atoms with Crippen LogP contribution in [0.4, 0.5) is 0 Å². The quantitative estimate of drug-likeness (QED) is 0.615. The minimum absolute atomic E-state index is 0.146. The summed E-state index contributed by atoms with van der Waals surface area (Å²) in [6.07, 6.45) is 3.59. The standard InChI is InChI=1S/C24H24N2O/c1-17-9-12-20(13-10-17)26-22-14-11-19(16-25(2)3)24(27)21(22)15-23(26)18-7-5-4-6-8-18/h4-10,12-13,15-16H,11,14H2,1-3H3. The van der Waals surface area contributed by atoms with Gasteiger partial charge in [-0.05, 0) is 43.5 Å². The Morgan fingerprint density at radius 1 is 0.963 bits per heavy atom. The molecule has 0 radical (unpaired) electrons. The van der Waals surface area contributed by atoms with Gasteiger partial charge in [0.2, 0.25) is 0 Å². The number of nitrogens with zero attached hydrogens (tertiary/aromatic N) is 2. The molecule has 0 aliphatic heterocycles. The van der Waals surface area contributed by atoms with E-state index in [2.05, 4.69) is 54.0 Å². The number of hydrogen-bond acceptors (Lipinski definition) is 2. The molecule has 3 heteroatoms. The van der Waals surface area contributed by atoms with Gasteiger partial charge in [-0.3, -0.25) is 4.79 Å². The van der Waals surface area contributed by atoms with Gasteiger partial charge in [-0.25, -0.2) is 0 Å². The number of benzene rings is 2. The molecule has 27 heavy (non-hydrogen) atoms. The van der Waals surface area contributed by atoms with Crippen LogP contribution < -0.4 is 0 Å². The summed E-state index contributed by atoms with van der Waals surface area (Å²) >= 11 is 0. The molecule has 0 N–H and O–H groups in total. The lowest BCUT2D eigenvalue weighted by Gasteiger charge is -2.20. The third-order valence-electron chi connectivity index (χ3n) is 5.05. The minimum atomic E-state index is 0.146. The van der Waals surface area contributed by atoms with Crippen molar-refractivity contribution in [2.45, 2.75) is 19.8 Å². The van der Waals surface area contributed by atoms with Gasteiger partial charge in [-0.2, -0.15) is 0 Å². The van der Waals surface area contributed by atoms with Gasteiger partial charge in [0.25, 0.3) is 0 Å². The largest absolute Gasteiger partial charge is 0.383 e. The highest BCUT2D eigenvalue weighted by Crippen LogP contribution is 2.35. The first kappa shape index (κ1) is 17.3. The first-order valence-corrected chi connectivity index (χ1v) is 9.33. The molecule has 0 bridgehead atoms. The van der Waals surface area contributed by atoms with Crippen LogP contribution in [-0.4, -0.2) is 29.3 Å². The number of hydrogen-bond donors (Lipinski definition) is 0. The van der Waals surface area contributed by atoms with Gasteiger partial charge in [0.15, 0.2) is 5.78 Å². The van der Waals surface area contributed by atoms with Gasteiger partial charge in [0.1, 0.15) is 0 Å². The van der Waals surface area contributed by atoms with E-state index in [1.54, 1.807) is 0 Å². The summed E-state index contributed by atoms with van der Waals surface area (Å²) in [7, 11) is 3.92. The molecule has 1 heterocycles. The second kappa shape index (κ2) is 6.92. The number of rotatable bonds is 3. The highest BCUT2D eigenvalue weighted by Gasteiger charge is 2.28. The van der Waals surface area contributed by atoms with Crippen LogP contribution in [0.5, 0.6) is 0 Å². The molecule has 0 amide bonds. The summed E-state index contributed by atoms with van der Waals surface area (Å²) in [4.78, 5) is 15.1. The summed E-state index contributed by atoms with van der Waals surface area (Å²) in [6, 6.07) is 20.9. The van der Waals surface area contributed by atoms with Gasteiger partial charge in [0.05, 0.1) is 5.69 Å². The van der Waals surface area contributed by atoms with Gasteiger partial charge in [-0.1, -0.05) is 48.0 Å². The van der Waals surface area contributed by atoms with Crippen LogP contribution in [0.2, 0.25) is 0 Å². The van der Waals surface area contributed by atoms with Crippen molar-refractivity contribution in [1.29, 1.82) is 0 Å². The lowest BCUT2D eigenvalue weighted by atomic mass is 9.91. The van der Waals surface area contributed by atoms with Crippen molar-refractivity contribution < 1.29 is 4.79 Å². The Kier molecular flexibility index (Phi) is 4.44. The monoisotopic (exact) mass is 356 g/mol. The Labute approximate surface area is 160 Å². The third-order valence-corrected chi connectivity index (χ3v) is 5.05. The molecule has 1 aliphatic carbocycles. The molecule has 0 saturated heterocycles. The molecular formula is C24H24N2O. The van der Waals surface area contributed by atoms with E-state index in [4.69, 9.17) is 0 Å². The molecule has 3 nitrogen and oxygen atoms in total. The van der Waals surface area contributed by atoms with Crippen molar-refractivity contribution in [2.24, 2.45) is 0 Å². The molecule has 4 rings (SSSR count). The summed E-state index contributed by atoms with van der Waals surface area (Å²) in [5, 5.41) is 0. The number of ketones is 1. The first-order chi connectivity index (χ1) is 13.0. The molecule has 1 aromatic heterocycles. The average molecular weight is 356 g/mol. The second-order valence-electron chi connectivity index (χ2n) is 7.37. The number of carbonyl (C=O) groups is 1. The van der Waals surface area contributed by atoms with Crippen LogP contribution >= 0.6 is 0 Å². The second-order valence-corrected chi connectivity index (χ2v) is 7.37. The van der Waals surface area contributed by atoms with E-state index in [0.29, 0.717) is 0 Å². The lowest BCUT2D eigenvalue weighted by Crippen LogP contribution is -2.18. The summed E-state index contributed by atoms with van der Waals surface area (Å²) in [5.41, 5.74) is 7.35. The van der Waals surface area contributed by atoms with E-state index in [-0.39, 0.29) is 5.78 Å². The SMILES string of the molecule is Cc1ccc(-n2c(-c3ccccc3)cc3c2CCC(=CN(C)C)C3=O)cc1. The summed E-state index contributed by atoms with van der Waals surface area (Å²) in [5.74, 6) is 0.146. The van der Waals surface area contributed by atoms with Crippen LogP contribution in [-0.2, 0) is 6.42 Å². The molecule has 2 aromatic carbocycles. The Hall–Kier alpha value is -3.07. The van der Waals surface area contributed by atoms with E-state index in [0.717, 1.165) is 46.6 Å². The Bertz CT molecular complexity index is 1010. The van der Waals surface area contributed by atoms with E-state index in [1.165, 1.54) is 5.56 Å². The molecule has 0 unspecified atom stereocenters. The van der Waals surface area contributed by atoms with Crippen molar-refractivity contribution in [3.05, 3.63) is 89.3 Å². The molecule has 0 saturated carbocycles. The van der Waals surface area contributed by atoms with Crippen LogP contribution in [0, 0.1) is 6.92 Å². The van der Waals surface area contributed by atoms with E-state index < -0.39 is 0 Å². The number of allylic oxidation sites excluding steroid dienone is 1. The van der Waals surface area contributed by atoms with Gasteiger partial charge in [-0.15, -0.1) is 0 Å². The Balaban J connectivity index is 1.93. The fourth-order valence-corrected chi connectivity index (χ4v) is 3.78. The van der Waals surface area contributed by atoms with Crippen molar-refractivity contribution >= 4 is 5.78 Å². The maximum absolute atomic E-state index is 13.1. The number of aromatic nitrogens is 1. The maximum atomic E-state index is 13.1. The lowest BCUT2D eigenvalue weighted by molar-refractivity contribution is 0.102. The first-order valence-electron chi connectivity index (χ1n) is 9.33. The number of aryl methyl sites for hydroxylation is 1. The molecule has 0 spiro atoms. The van der Waals surface area contributed by atoms with Gasteiger partial charge in [0, 0.05) is 42.8 Å². The average Bonchev–Trinajstić information content (AvgIpc) is 3.05. The van der Waals surface area contributed by atoms with Gasteiger partial charge < -0.3 is 9.47 Å². The highest BCUT2D eigenvalue weighted by atomic mass is 16.1. The van der Waals surface area contributed by atoms with Crippen LogP contribution in [0.15, 0.2) is 72.4 Å². The number of carbonyl (C=O) groups excluding carboxylic acids is 1. The zero-order chi connectivity index (χ0) is 19.0. The number of Topliss-reactive ketones (excluding diaryl/α,β-unsaturated/α-hetero) is 1. The van der Waals surface area contributed by atoms with E-state index in [1.807, 2.05) is 43.4 Å². The van der Waals surface area contributed by atoms with E-state index in [9.17, 15) is 4.79 Å². The van der Waals surface area contributed by atoms with Crippen molar-refractivity contribution in [2.75, 3.05) is 14.1 Å². The van der Waals surface area contributed by atoms with Crippen molar-refractivity contribution in [3.63, 3.8) is 0 Å². The molecule has 136 valence electrons. The Morgan fingerprint density at radius 2 is 1.67 bits per heavy atom. The summed E-state index contributed by atoms with van der Waals surface area (Å²) < 4.78 is 2.26. The zero-order valence-corrected chi connectivity index (χ0v) is 16.1. The van der Waals surface area contributed by atoms with Crippen LogP contribution in [0.3, 0.4) is 0 Å². The van der Waals surface area contributed by atoms with E-state index >= 15 is 0 Å². The topological polar surface area (TPSA) is 25.2 Å². The summed E-state index contributed by atoms with van der Waals surface area (Å²) in [6.45, 7) is 2.09. The maximum Gasteiger partial charge on any atom is 0.192 e. The Morgan fingerprint density at radius 3 is 2.33 bits per heavy atom. The zero-order valence-electron chi connectivity index (χ0n) is 16.1. The predicted octanol–water partition coefficient (Wildman–Crippen LogP) is 5.03. The third kappa shape index (κ3) is 3.21. The van der Waals surface area contributed by atoms with Gasteiger partial charge >= 0.3 is 0 Å². The van der Waals surface area contributed by atoms with Crippen LogP contribution in [0.1, 0.15) is 28.0 Å². The molecule has 0 fully saturated rings. The fourth-order valence-electron chi connectivity index (χ4n) is 3.78. The van der Waals surface area contributed by atoms with Crippen molar-refractivity contribution in [3.8, 4) is 16.9 Å². The molecule has 3 aromatic rings. The minimum Gasteiger partial charge on any atom is -0.383 e. The molecule has 0 atom stereocenters.